The average Bonchev–Trinajstić information content (AvgIpc) is 2.98. The number of thiophene rings is 1. The molecule has 4 nitrogen and oxygen atoms in total. The summed E-state index contributed by atoms with van der Waals surface area (Å²) in [6.07, 6.45) is 4.01. The molecule has 1 aromatic carbocycles. The van der Waals surface area contributed by atoms with Gasteiger partial charge in [0.25, 0.3) is 5.91 Å². The van der Waals surface area contributed by atoms with Gasteiger partial charge in [0, 0.05) is 20.6 Å². The Kier molecular flexibility index (Phi) is 6.04. The summed E-state index contributed by atoms with van der Waals surface area (Å²) in [4.78, 5) is 27.3. The summed E-state index contributed by atoms with van der Waals surface area (Å²) in [6, 6.07) is 7.59. The van der Waals surface area contributed by atoms with Gasteiger partial charge >= 0.3 is 5.97 Å². The summed E-state index contributed by atoms with van der Waals surface area (Å²) in [7, 11) is 1.38. The maximum absolute atomic E-state index is 12.8. The number of amides is 1. The van der Waals surface area contributed by atoms with E-state index in [-0.39, 0.29) is 11.9 Å². The first-order chi connectivity index (χ1) is 12.5. The molecule has 138 valence electrons. The molecule has 6 heteroatoms. The quantitative estimate of drug-likeness (QED) is 0.566. The smallest absolute Gasteiger partial charge is 0.341 e. The number of rotatable bonds is 5. The van der Waals surface area contributed by atoms with Crippen LogP contribution in [0.3, 0.4) is 0 Å². The van der Waals surface area contributed by atoms with E-state index in [0.717, 1.165) is 36.1 Å². The van der Waals surface area contributed by atoms with Crippen LogP contribution in [0.2, 0.25) is 0 Å². The van der Waals surface area contributed by atoms with Crippen molar-refractivity contribution in [2.24, 2.45) is 0 Å². The maximum atomic E-state index is 12.8. The molecule has 3 rings (SSSR count). The zero-order valence-electron chi connectivity index (χ0n) is 15.3. The molecule has 0 atom stereocenters. The molecule has 0 radical (unpaired) electrons. The van der Waals surface area contributed by atoms with Crippen LogP contribution in [-0.2, 0) is 17.6 Å². The van der Waals surface area contributed by atoms with E-state index < -0.39 is 0 Å². The Morgan fingerprint density at radius 2 is 2.00 bits per heavy atom. The number of carbonyl (C=O) groups is 2. The van der Waals surface area contributed by atoms with Crippen molar-refractivity contribution in [2.45, 2.75) is 49.7 Å². The van der Waals surface area contributed by atoms with Gasteiger partial charge in [-0.15, -0.1) is 23.1 Å². The summed E-state index contributed by atoms with van der Waals surface area (Å²) >= 11 is 3.22. The molecule has 2 aromatic rings. The minimum Gasteiger partial charge on any atom is -0.465 e. The molecule has 1 aliphatic carbocycles. The van der Waals surface area contributed by atoms with Crippen LogP contribution < -0.4 is 5.32 Å². The molecule has 1 aromatic heterocycles. The summed E-state index contributed by atoms with van der Waals surface area (Å²) in [5.74, 6) is -0.566. The third kappa shape index (κ3) is 4.13. The van der Waals surface area contributed by atoms with Crippen molar-refractivity contribution in [3.05, 3.63) is 45.8 Å². The first-order valence-corrected chi connectivity index (χ1v) is 10.5. The average molecular weight is 390 g/mol. The van der Waals surface area contributed by atoms with Gasteiger partial charge in [-0.25, -0.2) is 4.79 Å². The predicted molar refractivity (Wildman–Crippen MR) is 108 cm³/mol. The number of fused-ring (bicyclic) bond motifs is 1. The zero-order chi connectivity index (χ0) is 18.7. The number of benzene rings is 1. The molecular formula is C20H23NO3S2. The van der Waals surface area contributed by atoms with Gasteiger partial charge in [-0.3, -0.25) is 4.79 Å². The van der Waals surface area contributed by atoms with E-state index in [4.69, 9.17) is 4.74 Å². The Bertz CT molecular complexity index is 826. The van der Waals surface area contributed by atoms with Crippen LogP contribution in [0.5, 0.6) is 0 Å². The standard InChI is InChI=1S/C20H23NO3S2/c1-12(2)25-14-8-6-7-13(11-14)18(22)21-19-17(20(23)24-3)15-9-4-5-10-16(15)26-19/h6-8,11-12H,4-5,9-10H2,1-3H3,(H,21,22). The highest BCUT2D eigenvalue weighted by Crippen LogP contribution is 2.38. The van der Waals surface area contributed by atoms with Crippen molar-refractivity contribution in [1.29, 1.82) is 0 Å². The van der Waals surface area contributed by atoms with E-state index in [2.05, 4.69) is 19.2 Å². The molecule has 1 aliphatic rings. The molecule has 0 aliphatic heterocycles. The van der Waals surface area contributed by atoms with Crippen LogP contribution in [0.25, 0.3) is 0 Å². The highest BCUT2D eigenvalue weighted by Gasteiger charge is 2.27. The molecule has 1 amide bonds. The molecule has 1 heterocycles. The van der Waals surface area contributed by atoms with Gasteiger partial charge in [-0.05, 0) is 49.4 Å². The van der Waals surface area contributed by atoms with Crippen molar-refractivity contribution in [2.75, 3.05) is 12.4 Å². The number of nitrogens with one attached hydrogen (secondary N) is 1. The fraction of sp³-hybridized carbons (Fsp3) is 0.400. The van der Waals surface area contributed by atoms with Gasteiger partial charge in [-0.1, -0.05) is 19.9 Å². The van der Waals surface area contributed by atoms with Crippen molar-refractivity contribution >= 4 is 40.0 Å². The third-order valence-electron chi connectivity index (χ3n) is 4.26. The normalized spacial score (nSPS) is 13.4. The minimum atomic E-state index is -0.371. The number of hydrogen-bond acceptors (Lipinski definition) is 5. The van der Waals surface area contributed by atoms with Crippen LogP contribution in [0.1, 0.15) is 57.8 Å². The number of thioether (sulfide) groups is 1. The third-order valence-corrected chi connectivity index (χ3v) is 6.46. The number of anilines is 1. The second kappa shape index (κ2) is 8.27. The van der Waals surface area contributed by atoms with Crippen LogP contribution >= 0.6 is 23.1 Å². The molecular weight excluding hydrogens is 366 g/mol. The monoisotopic (exact) mass is 389 g/mol. The summed E-state index contributed by atoms with van der Waals surface area (Å²) in [5, 5.41) is 4.00. The topological polar surface area (TPSA) is 55.4 Å². The molecule has 26 heavy (non-hydrogen) atoms. The Morgan fingerprint density at radius 3 is 2.73 bits per heavy atom. The lowest BCUT2D eigenvalue weighted by atomic mass is 9.95. The van der Waals surface area contributed by atoms with Crippen LogP contribution in [0.15, 0.2) is 29.2 Å². The number of hydrogen-bond donors (Lipinski definition) is 1. The van der Waals surface area contributed by atoms with E-state index in [0.29, 0.717) is 21.4 Å². The maximum Gasteiger partial charge on any atom is 0.341 e. The largest absolute Gasteiger partial charge is 0.465 e. The van der Waals surface area contributed by atoms with Gasteiger partial charge in [0.2, 0.25) is 0 Å². The summed E-state index contributed by atoms with van der Waals surface area (Å²) < 4.78 is 4.96. The summed E-state index contributed by atoms with van der Waals surface area (Å²) in [5.41, 5.74) is 2.18. The van der Waals surface area contributed by atoms with Gasteiger partial charge in [0.05, 0.1) is 12.7 Å². The van der Waals surface area contributed by atoms with Crippen molar-refractivity contribution < 1.29 is 14.3 Å². The van der Waals surface area contributed by atoms with Crippen LogP contribution in [0.4, 0.5) is 5.00 Å². The fourth-order valence-electron chi connectivity index (χ4n) is 3.13. The van der Waals surface area contributed by atoms with E-state index in [1.807, 2.05) is 18.2 Å². The van der Waals surface area contributed by atoms with E-state index in [1.165, 1.54) is 23.3 Å². The van der Waals surface area contributed by atoms with Crippen molar-refractivity contribution in [3.8, 4) is 0 Å². The van der Waals surface area contributed by atoms with Crippen LogP contribution in [0, 0.1) is 0 Å². The SMILES string of the molecule is COC(=O)c1c(NC(=O)c2cccc(SC(C)C)c2)sc2c1CCCC2. The van der Waals surface area contributed by atoms with Crippen LogP contribution in [-0.4, -0.2) is 24.2 Å². The van der Waals surface area contributed by atoms with Gasteiger partial charge in [0.1, 0.15) is 5.00 Å². The second-order valence-corrected chi connectivity index (χ2v) is 9.31. The van der Waals surface area contributed by atoms with Gasteiger partial charge in [-0.2, -0.15) is 0 Å². The Hall–Kier alpha value is -1.79. The minimum absolute atomic E-state index is 0.194. The summed E-state index contributed by atoms with van der Waals surface area (Å²) in [6.45, 7) is 4.24. The van der Waals surface area contributed by atoms with E-state index in [9.17, 15) is 9.59 Å². The number of carbonyl (C=O) groups excluding carboxylic acids is 2. The molecule has 0 bridgehead atoms. The van der Waals surface area contributed by atoms with E-state index in [1.54, 1.807) is 17.8 Å². The van der Waals surface area contributed by atoms with Gasteiger partial charge < -0.3 is 10.1 Å². The molecule has 0 unspecified atom stereocenters. The first-order valence-electron chi connectivity index (χ1n) is 8.80. The lowest BCUT2D eigenvalue weighted by Gasteiger charge is -2.12. The number of methoxy groups -OCH3 is 1. The van der Waals surface area contributed by atoms with Gasteiger partial charge in [0.15, 0.2) is 0 Å². The number of aryl methyl sites for hydroxylation is 1. The molecule has 0 saturated heterocycles. The number of esters is 1. The van der Waals surface area contributed by atoms with Crippen molar-refractivity contribution in [3.63, 3.8) is 0 Å². The molecule has 0 saturated carbocycles. The Balaban J connectivity index is 1.88. The molecule has 0 spiro atoms. The predicted octanol–water partition coefficient (Wildman–Crippen LogP) is 5.17. The Labute approximate surface area is 162 Å². The lowest BCUT2D eigenvalue weighted by Crippen LogP contribution is -2.15. The highest BCUT2D eigenvalue weighted by atomic mass is 32.2. The Morgan fingerprint density at radius 1 is 1.23 bits per heavy atom. The molecule has 0 fully saturated rings. The molecule has 1 N–H and O–H groups in total. The van der Waals surface area contributed by atoms with Crippen molar-refractivity contribution in [1.82, 2.24) is 0 Å². The lowest BCUT2D eigenvalue weighted by molar-refractivity contribution is 0.0601. The first kappa shape index (κ1) is 19.0. The second-order valence-electron chi connectivity index (χ2n) is 6.56. The number of ether oxygens (including phenoxy) is 1. The van der Waals surface area contributed by atoms with E-state index >= 15 is 0 Å². The zero-order valence-corrected chi connectivity index (χ0v) is 16.9. The fourth-order valence-corrected chi connectivity index (χ4v) is 5.30. The highest BCUT2D eigenvalue weighted by molar-refractivity contribution is 7.99.